The first-order chi connectivity index (χ1) is 9.50. The highest BCUT2D eigenvalue weighted by atomic mass is 19.1. The van der Waals surface area contributed by atoms with Gasteiger partial charge in [0.25, 0.3) is 0 Å². The minimum Gasteiger partial charge on any atom is -0.478 e. The van der Waals surface area contributed by atoms with Crippen LogP contribution in [0.1, 0.15) is 30.1 Å². The number of hydrogen-bond acceptors (Lipinski definition) is 3. The molecule has 6 heteroatoms. The van der Waals surface area contributed by atoms with E-state index in [4.69, 9.17) is 5.11 Å². The Labute approximate surface area is 116 Å². The van der Waals surface area contributed by atoms with Gasteiger partial charge in [-0.2, -0.15) is 0 Å². The van der Waals surface area contributed by atoms with Gasteiger partial charge in [-0.05, 0) is 37.4 Å². The van der Waals surface area contributed by atoms with Gasteiger partial charge in [0.05, 0.1) is 11.7 Å². The van der Waals surface area contributed by atoms with Crippen molar-refractivity contribution in [1.82, 2.24) is 5.32 Å². The fourth-order valence-corrected chi connectivity index (χ4v) is 2.46. The van der Waals surface area contributed by atoms with Gasteiger partial charge in [-0.3, -0.25) is 4.79 Å². The summed E-state index contributed by atoms with van der Waals surface area (Å²) in [5.74, 6) is -2.43. The molecule has 0 radical (unpaired) electrons. The van der Waals surface area contributed by atoms with Crippen molar-refractivity contribution in [2.24, 2.45) is 5.92 Å². The number of anilines is 1. The molecule has 0 saturated carbocycles. The van der Waals surface area contributed by atoms with Crippen LogP contribution in [0.3, 0.4) is 0 Å². The number of halogens is 1. The van der Waals surface area contributed by atoms with Crippen molar-refractivity contribution in [1.29, 1.82) is 0 Å². The summed E-state index contributed by atoms with van der Waals surface area (Å²) in [6.45, 7) is 2.71. The van der Waals surface area contributed by atoms with Crippen LogP contribution in [0.15, 0.2) is 18.2 Å². The summed E-state index contributed by atoms with van der Waals surface area (Å²) in [6.07, 6.45) is 1.94. The van der Waals surface area contributed by atoms with E-state index < -0.39 is 17.3 Å². The summed E-state index contributed by atoms with van der Waals surface area (Å²) >= 11 is 0. The van der Waals surface area contributed by atoms with Gasteiger partial charge < -0.3 is 15.7 Å². The highest BCUT2D eigenvalue weighted by Gasteiger charge is 2.28. The monoisotopic (exact) mass is 280 g/mol. The Morgan fingerprint density at radius 1 is 1.45 bits per heavy atom. The summed E-state index contributed by atoms with van der Waals surface area (Å²) in [5.41, 5.74) is -0.522. The first-order valence-electron chi connectivity index (χ1n) is 6.56. The van der Waals surface area contributed by atoms with E-state index >= 15 is 0 Å². The smallest absolute Gasteiger partial charge is 0.340 e. The Balaban J connectivity index is 2.19. The largest absolute Gasteiger partial charge is 0.478 e. The number of nitrogens with one attached hydrogen (secondary N) is 2. The normalized spacial score (nSPS) is 22.3. The number of aromatic carboxylic acids is 1. The fourth-order valence-electron chi connectivity index (χ4n) is 2.46. The number of benzene rings is 1. The van der Waals surface area contributed by atoms with Crippen molar-refractivity contribution in [2.75, 3.05) is 11.9 Å². The van der Waals surface area contributed by atoms with Crippen LogP contribution < -0.4 is 10.6 Å². The lowest BCUT2D eigenvalue weighted by Gasteiger charge is -2.29. The molecule has 1 saturated heterocycles. The average Bonchev–Trinajstić information content (AvgIpc) is 2.38. The molecule has 5 nitrogen and oxygen atoms in total. The number of piperidine rings is 1. The van der Waals surface area contributed by atoms with Crippen molar-refractivity contribution in [2.45, 2.75) is 25.8 Å². The first-order valence-corrected chi connectivity index (χ1v) is 6.56. The molecule has 0 spiro atoms. The summed E-state index contributed by atoms with van der Waals surface area (Å²) < 4.78 is 13.5. The summed E-state index contributed by atoms with van der Waals surface area (Å²) in [4.78, 5) is 23.2. The molecule has 1 aromatic carbocycles. The van der Waals surface area contributed by atoms with E-state index in [1.165, 1.54) is 12.1 Å². The van der Waals surface area contributed by atoms with Gasteiger partial charge in [0.1, 0.15) is 11.4 Å². The van der Waals surface area contributed by atoms with Crippen LogP contribution in [-0.2, 0) is 4.79 Å². The standard InChI is InChI=1S/C14H17FN2O3/c1-8-4-3-7-16-12(8)13(18)17-10-6-2-5-9(15)11(10)14(19)20/h2,5-6,8,12,16H,3-4,7H2,1H3,(H,17,18)(H,19,20). The van der Waals surface area contributed by atoms with Crippen LogP contribution in [0.25, 0.3) is 0 Å². The van der Waals surface area contributed by atoms with Crippen LogP contribution in [0, 0.1) is 11.7 Å². The van der Waals surface area contributed by atoms with Gasteiger partial charge in [-0.1, -0.05) is 13.0 Å². The number of amides is 1. The number of carbonyl (C=O) groups excluding carboxylic acids is 1. The summed E-state index contributed by atoms with van der Waals surface area (Å²) in [7, 11) is 0. The number of carbonyl (C=O) groups is 2. The van der Waals surface area contributed by atoms with Gasteiger partial charge in [0.15, 0.2) is 0 Å². The molecule has 1 fully saturated rings. The topological polar surface area (TPSA) is 78.4 Å². The second-order valence-electron chi connectivity index (χ2n) is 5.01. The van der Waals surface area contributed by atoms with Gasteiger partial charge in [-0.25, -0.2) is 9.18 Å². The Hall–Kier alpha value is -1.95. The molecular weight excluding hydrogens is 263 g/mol. The summed E-state index contributed by atoms with van der Waals surface area (Å²) in [5, 5.41) is 14.6. The van der Waals surface area contributed by atoms with Crippen molar-refractivity contribution in [3.8, 4) is 0 Å². The molecule has 1 aromatic rings. The van der Waals surface area contributed by atoms with Crippen LogP contribution in [0.5, 0.6) is 0 Å². The van der Waals surface area contributed by atoms with E-state index in [0.717, 1.165) is 25.5 Å². The number of carboxylic acid groups (broad SMARTS) is 1. The van der Waals surface area contributed by atoms with Crippen molar-refractivity contribution in [3.63, 3.8) is 0 Å². The summed E-state index contributed by atoms with van der Waals surface area (Å²) in [6, 6.07) is 3.43. The number of hydrogen-bond donors (Lipinski definition) is 3. The van der Waals surface area contributed by atoms with Gasteiger partial charge >= 0.3 is 5.97 Å². The zero-order valence-corrected chi connectivity index (χ0v) is 11.1. The van der Waals surface area contributed by atoms with Crippen LogP contribution in [0.4, 0.5) is 10.1 Å². The molecule has 1 aliphatic heterocycles. The van der Waals surface area contributed by atoms with Crippen LogP contribution >= 0.6 is 0 Å². The highest BCUT2D eigenvalue weighted by Crippen LogP contribution is 2.21. The Morgan fingerprint density at radius 2 is 2.20 bits per heavy atom. The lowest BCUT2D eigenvalue weighted by atomic mass is 9.92. The highest BCUT2D eigenvalue weighted by molar-refractivity contribution is 6.02. The molecule has 0 aliphatic carbocycles. The first kappa shape index (κ1) is 14.5. The molecule has 2 rings (SSSR count). The molecule has 2 atom stereocenters. The Kier molecular flexibility index (Phi) is 4.34. The van der Waals surface area contributed by atoms with E-state index in [1.807, 2.05) is 6.92 Å². The molecule has 2 unspecified atom stereocenters. The van der Waals surface area contributed by atoms with E-state index in [1.54, 1.807) is 0 Å². The Bertz CT molecular complexity index is 533. The third-order valence-corrected chi connectivity index (χ3v) is 3.54. The van der Waals surface area contributed by atoms with E-state index in [-0.39, 0.29) is 23.6 Å². The van der Waals surface area contributed by atoms with E-state index in [9.17, 15) is 14.0 Å². The molecule has 1 amide bonds. The quantitative estimate of drug-likeness (QED) is 0.789. The second-order valence-corrected chi connectivity index (χ2v) is 5.01. The molecule has 1 heterocycles. The molecular formula is C14H17FN2O3. The SMILES string of the molecule is CC1CCCNC1C(=O)Nc1cccc(F)c1C(=O)O. The molecule has 20 heavy (non-hydrogen) atoms. The number of rotatable bonds is 3. The van der Waals surface area contributed by atoms with Crippen molar-refractivity contribution < 1.29 is 19.1 Å². The van der Waals surface area contributed by atoms with E-state index in [0.29, 0.717) is 0 Å². The second kappa shape index (κ2) is 6.00. The number of carboxylic acids is 1. The average molecular weight is 280 g/mol. The van der Waals surface area contributed by atoms with Gasteiger partial charge in [-0.15, -0.1) is 0 Å². The lowest BCUT2D eigenvalue weighted by molar-refractivity contribution is -0.119. The molecule has 3 N–H and O–H groups in total. The predicted octanol–water partition coefficient (Wildman–Crippen LogP) is 1.85. The van der Waals surface area contributed by atoms with Gasteiger partial charge in [0.2, 0.25) is 5.91 Å². The zero-order valence-electron chi connectivity index (χ0n) is 11.1. The predicted molar refractivity (Wildman–Crippen MR) is 72.2 cm³/mol. The maximum atomic E-state index is 13.5. The zero-order chi connectivity index (χ0) is 14.7. The lowest BCUT2D eigenvalue weighted by Crippen LogP contribution is -2.48. The van der Waals surface area contributed by atoms with Crippen LogP contribution in [-0.4, -0.2) is 29.6 Å². The molecule has 0 bridgehead atoms. The molecule has 108 valence electrons. The van der Waals surface area contributed by atoms with Gasteiger partial charge in [0, 0.05) is 0 Å². The fraction of sp³-hybridized carbons (Fsp3) is 0.429. The third-order valence-electron chi connectivity index (χ3n) is 3.54. The maximum Gasteiger partial charge on any atom is 0.340 e. The minimum absolute atomic E-state index is 0.0120. The maximum absolute atomic E-state index is 13.5. The molecule has 0 aromatic heterocycles. The minimum atomic E-state index is -1.40. The third kappa shape index (κ3) is 2.96. The van der Waals surface area contributed by atoms with Crippen molar-refractivity contribution in [3.05, 3.63) is 29.6 Å². The van der Waals surface area contributed by atoms with E-state index in [2.05, 4.69) is 10.6 Å². The van der Waals surface area contributed by atoms with Crippen LogP contribution in [0.2, 0.25) is 0 Å². The van der Waals surface area contributed by atoms with Crippen molar-refractivity contribution >= 4 is 17.6 Å². The Morgan fingerprint density at radius 3 is 2.85 bits per heavy atom. The molecule has 1 aliphatic rings.